The fourth-order valence-electron chi connectivity index (χ4n) is 3.29. The maximum Gasteiger partial charge on any atom is 0.248 e. The van der Waals surface area contributed by atoms with Gasteiger partial charge in [-0.05, 0) is 26.7 Å². The number of likely N-dealkylation sites (N-methyl/N-ethyl adjacent to an activating group) is 2. The normalized spacial score (nSPS) is 21.5. The van der Waals surface area contributed by atoms with E-state index in [0.717, 1.165) is 9.80 Å². The zero-order valence-electron chi connectivity index (χ0n) is 17.2. The molecule has 4 N–H and O–H groups in total. The molecule has 2 aliphatic heterocycles. The minimum absolute atomic E-state index is 0.00519. The Bertz CT molecular complexity index is 666. The zero-order valence-corrected chi connectivity index (χ0v) is 17.2. The van der Waals surface area contributed by atoms with Gasteiger partial charge in [0.25, 0.3) is 0 Å². The van der Waals surface area contributed by atoms with Gasteiger partial charge in [-0.2, -0.15) is 0 Å². The second-order valence-electron chi connectivity index (χ2n) is 7.06. The molecule has 0 aromatic carbocycles. The molecule has 0 aromatic rings. The quantitative estimate of drug-likeness (QED) is 0.170. The molecule has 12 heteroatoms. The van der Waals surface area contributed by atoms with Gasteiger partial charge >= 0.3 is 0 Å². The van der Waals surface area contributed by atoms with Crippen molar-refractivity contribution >= 4 is 35.4 Å². The van der Waals surface area contributed by atoms with Crippen LogP contribution in [0.25, 0.3) is 0 Å². The molecule has 0 spiro atoms. The maximum atomic E-state index is 11.9. The predicted molar refractivity (Wildman–Crippen MR) is 103 cm³/mol. The minimum Gasteiger partial charge on any atom is -0.291 e. The Balaban J connectivity index is 1.56. The summed E-state index contributed by atoms with van der Waals surface area (Å²) < 4.78 is 0. The van der Waals surface area contributed by atoms with Crippen molar-refractivity contribution in [2.24, 2.45) is 0 Å². The van der Waals surface area contributed by atoms with E-state index in [2.05, 4.69) is 21.7 Å². The van der Waals surface area contributed by atoms with Crippen LogP contribution >= 0.6 is 0 Å². The number of rotatable bonds is 11. The summed E-state index contributed by atoms with van der Waals surface area (Å²) in [6, 6.07) is -1.51. The van der Waals surface area contributed by atoms with Crippen molar-refractivity contribution in [3.8, 4) is 0 Å². The van der Waals surface area contributed by atoms with Gasteiger partial charge in [0.1, 0.15) is 12.1 Å². The number of imide groups is 2. The second kappa shape index (κ2) is 10.8. The van der Waals surface area contributed by atoms with E-state index in [1.54, 1.807) is 13.8 Å². The number of hydrogen-bond donors (Lipinski definition) is 4. The average molecular weight is 424 g/mol. The van der Waals surface area contributed by atoms with E-state index in [0.29, 0.717) is 25.9 Å². The van der Waals surface area contributed by atoms with E-state index >= 15 is 0 Å². The van der Waals surface area contributed by atoms with Gasteiger partial charge in [-0.15, -0.1) is 0 Å². The topological polar surface area (TPSA) is 157 Å². The van der Waals surface area contributed by atoms with Crippen molar-refractivity contribution < 1.29 is 28.8 Å². The van der Waals surface area contributed by atoms with Crippen LogP contribution in [0.5, 0.6) is 0 Å². The van der Waals surface area contributed by atoms with Crippen molar-refractivity contribution in [3.63, 3.8) is 0 Å². The van der Waals surface area contributed by atoms with Gasteiger partial charge in [-0.25, -0.2) is 10.9 Å². The van der Waals surface area contributed by atoms with E-state index < -0.39 is 12.1 Å². The highest BCUT2D eigenvalue weighted by Crippen LogP contribution is 2.12. The Morgan fingerprint density at radius 2 is 1.13 bits per heavy atom. The van der Waals surface area contributed by atoms with Crippen LogP contribution in [0.1, 0.15) is 52.4 Å². The third kappa shape index (κ3) is 5.83. The van der Waals surface area contributed by atoms with Crippen molar-refractivity contribution in [3.05, 3.63) is 0 Å². The Morgan fingerprint density at radius 3 is 1.43 bits per heavy atom. The molecule has 0 aromatic heterocycles. The van der Waals surface area contributed by atoms with E-state index in [1.165, 1.54) is 0 Å². The molecule has 0 saturated carbocycles. The lowest BCUT2D eigenvalue weighted by molar-refractivity contribution is -0.140. The number of amides is 6. The van der Waals surface area contributed by atoms with E-state index in [-0.39, 0.29) is 61.1 Å². The molecule has 0 aliphatic carbocycles. The molecule has 2 fully saturated rings. The average Bonchev–Trinajstić information content (AvgIpc) is 3.15. The predicted octanol–water partition coefficient (Wildman–Crippen LogP) is -1.92. The number of nitrogens with one attached hydrogen (secondary N) is 4. The van der Waals surface area contributed by atoms with Gasteiger partial charge in [0.15, 0.2) is 0 Å². The molecular formula is C18H28N6O6. The highest BCUT2D eigenvalue weighted by molar-refractivity contribution is 6.06. The smallest absolute Gasteiger partial charge is 0.248 e. The lowest BCUT2D eigenvalue weighted by Crippen LogP contribution is -2.48. The fourth-order valence-corrected chi connectivity index (χ4v) is 3.29. The second-order valence-corrected chi connectivity index (χ2v) is 7.06. The molecule has 166 valence electrons. The summed E-state index contributed by atoms with van der Waals surface area (Å²) in [6.07, 6.45) is 1.16. The minimum atomic E-state index is -0.757. The molecule has 0 radical (unpaired) electrons. The van der Waals surface area contributed by atoms with Crippen LogP contribution in [0, 0.1) is 0 Å². The molecule has 0 unspecified atom stereocenters. The molecule has 2 rings (SSSR count). The summed E-state index contributed by atoms with van der Waals surface area (Å²) in [4.78, 5) is 73.0. The Morgan fingerprint density at radius 1 is 0.767 bits per heavy atom. The Labute approximate surface area is 174 Å². The van der Waals surface area contributed by atoms with Gasteiger partial charge in [-0.3, -0.25) is 49.4 Å². The third-order valence-electron chi connectivity index (χ3n) is 4.95. The van der Waals surface area contributed by atoms with Crippen LogP contribution in [-0.2, 0) is 28.8 Å². The van der Waals surface area contributed by atoms with Gasteiger partial charge in [0.2, 0.25) is 35.4 Å². The van der Waals surface area contributed by atoms with Crippen molar-refractivity contribution in [2.45, 2.75) is 64.5 Å². The summed E-state index contributed by atoms with van der Waals surface area (Å²) in [7, 11) is 0. The van der Waals surface area contributed by atoms with Crippen LogP contribution in [0.15, 0.2) is 0 Å². The number of carbonyl (C=O) groups is 6. The lowest BCUT2D eigenvalue weighted by atomic mass is 10.2. The van der Waals surface area contributed by atoms with E-state index in [1.807, 2.05) is 0 Å². The van der Waals surface area contributed by atoms with Crippen LogP contribution in [0.2, 0.25) is 0 Å². The van der Waals surface area contributed by atoms with E-state index in [9.17, 15) is 28.8 Å². The van der Waals surface area contributed by atoms with Crippen molar-refractivity contribution in [1.29, 1.82) is 0 Å². The monoisotopic (exact) mass is 424 g/mol. The lowest BCUT2D eigenvalue weighted by Gasteiger charge is -2.14. The largest absolute Gasteiger partial charge is 0.291 e. The highest BCUT2D eigenvalue weighted by Gasteiger charge is 2.38. The maximum absolute atomic E-state index is 11.9. The molecule has 6 amide bonds. The fraction of sp³-hybridized carbons (Fsp3) is 0.667. The van der Waals surface area contributed by atoms with Crippen LogP contribution in [0.3, 0.4) is 0 Å². The highest BCUT2D eigenvalue weighted by atomic mass is 16.2. The molecule has 0 bridgehead atoms. The first kappa shape index (κ1) is 23.4. The molecule has 12 nitrogen and oxygen atoms in total. The number of nitrogens with zero attached hydrogens (tertiary/aromatic N) is 2. The standard InChI is InChI=1S/C18H28N6O6/c1-3-23-15(27)9-11(17(23)29)19-21-13(25)7-5-6-8-14(26)22-20-12-10-16(28)24(4-2)18(12)30/h11-12,19-20H,3-10H2,1-2H3,(H,21,25)(H,22,26)/t11-,12-/m1/s1. The number of unbranched alkanes of at least 4 members (excludes halogenated alkanes) is 1. The zero-order chi connectivity index (χ0) is 22.3. The number of likely N-dealkylation sites (tertiary alicyclic amines) is 2. The van der Waals surface area contributed by atoms with E-state index in [4.69, 9.17) is 0 Å². The summed E-state index contributed by atoms with van der Waals surface area (Å²) in [6.45, 7) is 3.99. The SMILES string of the molecule is CCN1C(=O)C[C@@H](NNC(=O)CCCCC(=O)NN[C@@H]2CC(=O)N(CC)C2=O)C1=O. The molecule has 30 heavy (non-hydrogen) atoms. The van der Waals surface area contributed by atoms with Crippen molar-refractivity contribution in [1.82, 2.24) is 31.5 Å². The van der Waals surface area contributed by atoms with Gasteiger partial charge in [-0.1, -0.05) is 0 Å². The van der Waals surface area contributed by atoms with Crippen molar-refractivity contribution in [2.75, 3.05) is 13.1 Å². The molecule has 2 heterocycles. The van der Waals surface area contributed by atoms with Crippen LogP contribution in [-0.4, -0.2) is 70.4 Å². The van der Waals surface area contributed by atoms with Gasteiger partial charge in [0, 0.05) is 25.9 Å². The summed E-state index contributed by atoms with van der Waals surface area (Å²) >= 11 is 0. The summed E-state index contributed by atoms with van der Waals surface area (Å²) in [5.41, 5.74) is 9.98. The molecule has 2 atom stereocenters. The van der Waals surface area contributed by atoms with Gasteiger partial charge < -0.3 is 0 Å². The first-order chi connectivity index (χ1) is 14.3. The van der Waals surface area contributed by atoms with Crippen LogP contribution in [0.4, 0.5) is 0 Å². The molecule has 2 saturated heterocycles. The van der Waals surface area contributed by atoms with Crippen LogP contribution < -0.4 is 21.7 Å². The Hall–Kier alpha value is -2.86. The molecule has 2 aliphatic rings. The first-order valence-corrected chi connectivity index (χ1v) is 10.1. The number of carbonyl (C=O) groups excluding carboxylic acids is 6. The number of hydrazine groups is 2. The Kier molecular flexibility index (Phi) is 8.42. The third-order valence-corrected chi connectivity index (χ3v) is 4.95. The first-order valence-electron chi connectivity index (χ1n) is 10.1. The number of hydrogen-bond acceptors (Lipinski definition) is 8. The molecular weight excluding hydrogens is 396 g/mol. The summed E-state index contributed by atoms with van der Waals surface area (Å²) in [5.74, 6) is -1.98. The van der Waals surface area contributed by atoms with Gasteiger partial charge in [0.05, 0.1) is 12.8 Å². The summed E-state index contributed by atoms with van der Waals surface area (Å²) in [5, 5.41) is 0.